The third-order valence-electron chi connectivity index (χ3n) is 2.54. The highest BCUT2D eigenvalue weighted by molar-refractivity contribution is 7.07. The van der Waals surface area contributed by atoms with Gasteiger partial charge in [-0.25, -0.2) is 5.10 Å². The van der Waals surface area contributed by atoms with Gasteiger partial charge in [0.1, 0.15) is 5.39 Å². The lowest BCUT2D eigenvalue weighted by atomic mass is 10.1. The van der Waals surface area contributed by atoms with Gasteiger partial charge in [-0.2, -0.15) is 16.4 Å². The standard InChI is InChI=1S/C10H8N4O2S/c15-9-7-8(12-14-10(7)16)6(11-13-9)3-5-1-2-17-4-5/h1-2,4H,3H2,(H,13,15)(H2,12,14,16). The Bertz CT molecular complexity index is 766. The molecule has 6 nitrogen and oxygen atoms in total. The smallest absolute Gasteiger partial charge is 0.279 e. The van der Waals surface area contributed by atoms with Crippen LogP contribution in [0.4, 0.5) is 0 Å². The Hall–Kier alpha value is -2.15. The van der Waals surface area contributed by atoms with Crippen LogP contribution in [0, 0.1) is 0 Å². The molecule has 0 radical (unpaired) electrons. The molecule has 0 saturated carbocycles. The van der Waals surface area contributed by atoms with E-state index in [0.717, 1.165) is 5.56 Å². The molecule has 3 heterocycles. The van der Waals surface area contributed by atoms with E-state index in [1.54, 1.807) is 11.3 Å². The van der Waals surface area contributed by atoms with Crippen molar-refractivity contribution in [2.24, 2.45) is 0 Å². The molecule has 0 aliphatic carbocycles. The van der Waals surface area contributed by atoms with Crippen LogP contribution in [0.1, 0.15) is 11.3 Å². The van der Waals surface area contributed by atoms with Crippen LogP contribution >= 0.6 is 11.3 Å². The minimum Gasteiger partial charge on any atom is -0.295 e. The molecule has 0 aliphatic heterocycles. The number of H-pyrrole nitrogens is 3. The molecule has 3 aromatic heterocycles. The fourth-order valence-electron chi connectivity index (χ4n) is 1.74. The van der Waals surface area contributed by atoms with Crippen LogP contribution in [0.2, 0.25) is 0 Å². The summed E-state index contributed by atoms with van der Waals surface area (Å²) in [5, 5.41) is 15.5. The number of rotatable bonds is 2. The van der Waals surface area contributed by atoms with Crippen LogP contribution in [0.15, 0.2) is 26.4 Å². The minimum absolute atomic E-state index is 0.102. The van der Waals surface area contributed by atoms with Gasteiger partial charge >= 0.3 is 0 Å². The minimum atomic E-state index is -0.475. The van der Waals surface area contributed by atoms with Crippen molar-refractivity contribution in [1.29, 1.82) is 0 Å². The number of nitrogens with zero attached hydrogens (tertiary/aromatic N) is 1. The molecule has 0 fully saturated rings. The molecule has 0 aromatic carbocycles. The number of aromatic nitrogens is 4. The number of hydrogen-bond donors (Lipinski definition) is 3. The van der Waals surface area contributed by atoms with Crippen LogP contribution in [0.25, 0.3) is 10.9 Å². The molecule has 86 valence electrons. The van der Waals surface area contributed by atoms with Crippen LogP contribution in [0.3, 0.4) is 0 Å². The van der Waals surface area contributed by atoms with E-state index in [1.807, 2.05) is 16.8 Å². The molecule has 0 unspecified atom stereocenters. The molecule has 7 heteroatoms. The highest BCUT2D eigenvalue weighted by Crippen LogP contribution is 2.14. The van der Waals surface area contributed by atoms with E-state index in [-0.39, 0.29) is 5.39 Å². The normalized spacial score (nSPS) is 11.1. The second-order valence-electron chi connectivity index (χ2n) is 3.64. The van der Waals surface area contributed by atoms with Crippen LogP contribution in [-0.2, 0) is 6.42 Å². The Balaban J connectivity index is 2.21. The number of aromatic amines is 3. The zero-order valence-corrected chi connectivity index (χ0v) is 9.43. The predicted octanol–water partition coefficient (Wildman–Crippen LogP) is 0.592. The van der Waals surface area contributed by atoms with Gasteiger partial charge in [0.25, 0.3) is 11.1 Å². The van der Waals surface area contributed by atoms with Crippen molar-refractivity contribution in [2.75, 3.05) is 0 Å². The molecule has 0 bridgehead atoms. The van der Waals surface area contributed by atoms with Crippen LogP contribution < -0.4 is 11.1 Å². The Morgan fingerprint density at radius 1 is 1.24 bits per heavy atom. The number of hydrogen-bond acceptors (Lipinski definition) is 4. The van der Waals surface area contributed by atoms with Gasteiger partial charge < -0.3 is 0 Å². The van der Waals surface area contributed by atoms with Gasteiger partial charge in [-0.15, -0.1) is 0 Å². The molecule has 3 N–H and O–H groups in total. The van der Waals surface area contributed by atoms with Gasteiger partial charge in [-0.3, -0.25) is 19.8 Å². The van der Waals surface area contributed by atoms with Gasteiger partial charge in [0, 0.05) is 6.42 Å². The summed E-state index contributed by atoms with van der Waals surface area (Å²) in [6.07, 6.45) is 0.574. The lowest BCUT2D eigenvalue weighted by Gasteiger charge is -1.98. The van der Waals surface area contributed by atoms with E-state index in [2.05, 4.69) is 20.4 Å². The fraction of sp³-hybridized carbons (Fsp3) is 0.100. The summed E-state index contributed by atoms with van der Waals surface area (Å²) in [4.78, 5) is 22.9. The first-order valence-corrected chi connectivity index (χ1v) is 5.89. The maximum atomic E-state index is 11.5. The van der Waals surface area contributed by atoms with Crippen molar-refractivity contribution in [2.45, 2.75) is 6.42 Å². The van der Waals surface area contributed by atoms with E-state index >= 15 is 0 Å². The van der Waals surface area contributed by atoms with E-state index in [4.69, 9.17) is 0 Å². The summed E-state index contributed by atoms with van der Waals surface area (Å²) in [5.74, 6) is 0. The third-order valence-corrected chi connectivity index (χ3v) is 3.27. The highest BCUT2D eigenvalue weighted by Gasteiger charge is 2.12. The molecule has 0 amide bonds. The van der Waals surface area contributed by atoms with Crippen molar-refractivity contribution in [3.63, 3.8) is 0 Å². The van der Waals surface area contributed by atoms with Crippen LogP contribution in [0.5, 0.6) is 0 Å². The van der Waals surface area contributed by atoms with E-state index < -0.39 is 11.1 Å². The molecule has 17 heavy (non-hydrogen) atoms. The molecule has 0 saturated heterocycles. The first kappa shape index (κ1) is 10.0. The summed E-state index contributed by atoms with van der Waals surface area (Å²) in [5.41, 5.74) is 1.32. The van der Waals surface area contributed by atoms with Crippen LogP contribution in [-0.4, -0.2) is 20.4 Å². The molecular weight excluding hydrogens is 240 g/mol. The van der Waals surface area contributed by atoms with Gasteiger partial charge in [-0.05, 0) is 22.4 Å². The molecule has 0 aliphatic rings. The van der Waals surface area contributed by atoms with Gasteiger partial charge in [0.15, 0.2) is 0 Å². The molecular formula is C10H8N4O2S. The fourth-order valence-corrected chi connectivity index (χ4v) is 2.40. The lowest BCUT2D eigenvalue weighted by Crippen LogP contribution is -2.16. The number of thiophene rings is 1. The first-order valence-electron chi connectivity index (χ1n) is 4.94. The second kappa shape index (κ2) is 3.70. The van der Waals surface area contributed by atoms with E-state index in [1.165, 1.54) is 0 Å². The summed E-state index contributed by atoms with van der Waals surface area (Å²) in [7, 11) is 0. The first-order chi connectivity index (χ1) is 8.25. The summed E-state index contributed by atoms with van der Waals surface area (Å²) in [6, 6.07) is 1.98. The zero-order chi connectivity index (χ0) is 11.8. The number of nitrogens with one attached hydrogen (secondary N) is 3. The summed E-state index contributed by atoms with van der Waals surface area (Å²) in [6.45, 7) is 0. The van der Waals surface area contributed by atoms with Gasteiger partial charge in [-0.1, -0.05) is 0 Å². The molecule has 0 spiro atoms. The third kappa shape index (κ3) is 1.60. The number of fused-ring (bicyclic) bond motifs is 1. The second-order valence-corrected chi connectivity index (χ2v) is 4.42. The van der Waals surface area contributed by atoms with E-state index in [0.29, 0.717) is 17.6 Å². The monoisotopic (exact) mass is 248 g/mol. The van der Waals surface area contributed by atoms with Gasteiger partial charge in [0.2, 0.25) is 0 Å². The van der Waals surface area contributed by atoms with Crippen molar-refractivity contribution >= 4 is 22.2 Å². The van der Waals surface area contributed by atoms with Crippen molar-refractivity contribution in [3.8, 4) is 0 Å². The SMILES string of the molecule is O=c1[nH]nc(Cc2ccsc2)c2[nH][nH]c(=O)c12. The summed E-state index contributed by atoms with van der Waals surface area (Å²) < 4.78 is 0. The maximum absolute atomic E-state index is 11.5. The molecule has 3 aromatic rings. The summed E-state index contributed by atoms with van der Waals surface area (Å²) >= 11 is 1.59. The lowest BCUT2D eigenvalue weighted by molar-refractivity contribution is 0.929. The molecule has 3 rings (SSSR count). The van der Waals surface area contributed by atoms with E-state index in [9.17, 15) is 9.59 Å². The Kier molecular flexibility index (Phi) is 2.19. The zero-order valence-electron chi connectivity index (χ0n) is 8.61. The highest BCUT2D eigenvalue weighted by atomic mass is 32.1. The van der Waals surface area contributed by atoms with Crippen molar-refractivity contribution < 1.29 is 0 Å². The van der Waals surface area contributed by atoms with Crippen molar-refractivity contribution in [3.05, 3.63) is 48.8 Å². The quantitative estimate of drug-likeness (QED) is 0.619. The Morgan fingerprint density at radius 3 is 2.88 bits per heavy atom. The van der Waals surface area contributed by atoms with Crippen molar-refractivity contribution in [1.82, 2.24) is 20.4 Å². The van der Waals surface area contributed by atoms with Gasteiger partial charge in [0.05, 0.1) is 11.2 Å². The average Bonchev–Trinajstić information content (AvgIpc) is 2.93. The average molecular weight is 248 g/mol. The Labute approximate surface area is 98.3 Å². The predicted molar refractivity (Wildman–Crippen MR) is 64.5 cm³/mol. The largest absolute Gasteiger partial charge is 0.295 e. The topological polar surface area (TPSA) is 94.4 Å². The maximum Gasteiger partial charge on any atom is 0.279 e. The Morgan fingerprint density at radius 2 is 2.12 bits per heavy atom. The molecule has 0 atom stereocenters.